The van der Waals surface area contributed by atoms with Crippen LogP contribution in [0.3, 0.4) is 0 Å². The third-order valence-electron chi connectivity index (χ3n) is 3.24. The first kappa shape index (κ1) is 17.9. The molecule has 4 heteroatoms. The first-order valence-corrected chi connectivity index (χ1v) is 7.70. The van der Waals surface area contributed by atoms with Crippen molar-refractivity contribution in [2.24, 2.45) is 5.92 Å². The minimum absolute atomic E-state index is 0.158. The fourth-order valence-electron chi connectivity index (χ4n) is 2.31. The van der Waals surface area contributed by atoms with E-state index in [1.807, 2.05) is 6.07 Å². The first-order valence-electron chi connectivity index (χ1n) is 7.70. The second-order valence-electron chi connectivity index (χ2n) is 6.12. The number of methoxy groups -OCH3 is 1. The van der Waals surface area contributed by atoms with Gasteiger partial charge in [0.25, 0.3) is 0 Å². The van der Waals surface area contributed by atoms with Crippen molar-refractivity contribution in [1.82, 2.24) is 5.32 Å². The highest BCUT2D eigenvalue weighted by molar-refractivity contribution is 5.55. The van der Waals surface area contributed by atoms with Crippen LogP contribution in [0.4, 0.5) is 10.1 Å². The zero-order chi connectivity index (χ0) is 15.8. The molecule has 0 bridgehead atoms. The summed E-state index contributed by atoms with van der Waals surface area (Å²) >= 11 is 0. The van der Waals surface area contributed by atoms with E-state index in [2.05, 4.69) is 37.9 Å². The van der Waals surface area contributed by atoms with Gasteiger partial charge in [-0.05, 0) is 17.5 Å². The number of para-hydroxylation sites is 1. The van der Waals surface area contributed by atoms with Gasteiger partial charge in [0.1, 0.15) is 5.82 Å². The minimum atomic E-state index is -0.158. The van der Waals surface area contributed by atoms with Crippen molar-refractivity contribution in [3.8, 4) is 0 Å². The summed E-state index contributed by atoms with van der Waals surface area (Å²) in [6, 6.07) is 5.68. The Bertz CT molecular complexity index is 421. The van der Waals surface area contributed by atoms with Crippen LogP contribution < -0.4 is 10.2 Å². The van der Waals surface area contributed by atoms with Crippen molar-refractivity contribution in [3.63, 3.8) is 0 Å². The molecule has 0 spiro atoms. The number of halogens is 1. The molecule has 0 aliphatic rings. The molecule has 0 saturated heterocycles. The Labute approximate surface area is 128 Å². The highest BCUT2D eigenvalue weighted by Crippen LogP contribution is 2.25. The van der Waals surface area contributed by atoms with Crippen LogP contribution >= 0.6 is 0 Å². The Kier molecular flexibility index (Phi) is 7.68. The predicted molar refractivity (Wildman–Crippen MR) is 87.3 cm³/mol. The number of nitrogens with one attached hydrogen (secondary N) is 1. The molecular formula is C17H29FN2O. The van der Waals surface area contributed by atoms with Crippen LogP contribution in [0.5, 0.6) is 0 Å². The SMILES string of the molecule is COCCN(CC(C)C)c1c(F)cccc1CNC(C)C. The lowest BCUT2D eigenvalue weighted by Gasteiger charge is -2.29. The Balaban J connectivity index is 3.02. The third kappa shape index (κ3) is 6.02. The Hall–Kier alpha value is -1.13. The number of hydrogen-bond acceptors (Lipinski definition) is 3. The molecule has 21 heavy (non-hydrogen) atoms. The highest BCUT2D eigenvalue weighted by atomic mass is 19.1. The molecule has 1 N–H and O–H groups in total. The summed E-state index contributed by atoms with van der Waals surface area (Å²) in [5, 5.41) is 3.37. The quantitative estimate of drug-likeness (QED) is 0.755. The number of ether oxygens (including phenoxy) is 1. The second-order valence-corrected chi connectivity index (χ2v) is 6.12. The average Bonchev–Trinajstić information content (AvgIpc) is 2.41. The fraction of sp³-hybridized carbons (Fsp3) is 0.647. The average molecular weight is 296 g/mol. The molecule has 0 atom stereocenters. The number of benzene rings is 1. The number of anilines is 1. The topological polar surface area (TPSA) is 24.5 Å². The molecule has 1 aromatic rings. The van der Waals surface area contributed by atoms with Gasteiger partial charge in [0.05, 0.1) is 12.3 Å². The summed E-state index contributed by atoms with van der Waals surface area (Å²) in [5.41, 5.74) is 1.71. The van der Waals surface area contributed by atoms with Gasteiger partial charge in [-0.25, -0.2) is 4.39 Å². The van der Waals surface area contributed by atoms with Crippen molar-refractivity contribution in [2.75, 3.05) is 31.7 Å². The molecule has 1 aromatic carbocycles. The van der Waals surface area contributed by atoms with Gasteiger partial charge in [-0.3, -0.25) is 0 Å². The van der Waals surface area contributed by atoms with Gasteiger partial charge >= 0.3 is 0 Å². The van der Waals surface area contributed by atoms with Crippen molar-refractivity contribution in [1.29, 1.82) is 0 Å². The van der Waals surface area contributed by atoms with Gasteiger partial charge in [0.15, 0.2) is 0 Å². The lowest BCUT2D eigenvalue weighted by atomic mass is 10.1. The molecule has 0 aliphatic carbocycles. The van der Waals surface area contributed by atoms with Crippen molar-refractivity contribution in [3.05, 3.63) is 29.6 Å². The maximum atomic E-state index is 14.4. The van der Waals surface area contributed by atoms with Gasteiger partial charge in [0, 0.05) is 32.8 Å². The van der Waals surface area contributed by atoms with Crippen molar-refractivity contribution in [2.45, 2.75) is 40.3 Å². The van der Waals surface area contributed by atoms with Crippen LogP contribution in [-0.4, -0.2) is 32.8 Å². The van der Waals surface area contributed by atoms with E-state index in [0.717, 1.165) is 12.1 Å². The van der Waals surface area contributed by atoms with Crippen molar-refractivity contribution >= 4 is 5.69 Å². The summed E-state index contributed by atoms with van der Waals surface area (Å²) < 4.78 is 19.6. The Morgan fingerprint density at radius 1 is 1.24 bits per heavy atom. The molecule has 1 rings (SSSR count). The number of rotatable bonds is 9. The standard InChI is InChI=1S/C17H29FN2O/c1-13(2)12-20(9-10-21-5)17-15(11-19-14(3)4)7-6-8-16(17)18/h6-8,13-14,19H,9-12H2,1-5H3. The van der Waals surface area contributed by atoms with Gasteiger partial charge < -0.3 is 15.0 Å². The van der Waals surface area contributed by atoms with Gasteiger partial charge in [-0.2, -0.15) is 0 Å². The lowest BCUT2D eigenvalue weighted by Crippen LogP contribution is -2.33. The molecule has 0 unspecified atom stereocenters. The second kappa shape index (κ2) is 9.00. The van der Waals surface area contributed by atoms with E-state index in [9.17, 15) is 4.39 Å². The zero-order valence-corrected chi connectivity index (χ0v) is 13.9. The molecule has 0 aromatic heterocycles. The van der Waals surface area contributed by atoms with Crippen LogP contribution in [0.15, 0.2) is 18.2 Å². The van der Waals surface area contributed by atoms with Crippen LogP contribution in [-0.2, 0) is 11.3 Å². The fourth-order valence-corrected chi connectivity index (χ4v) is 2.31. The highest BCUT2D eigenvalue weighted by Gasteiger charge is 2.17. The van der Waals surface area contributed by atoms with Crippen LogP contribution in [0.25, 0.3) is 0 Å². The van der Waals surface area contributed by atoms with Gasteiger partial charge in [0.2, 0.25) is 0 Å². The summed E-state index contributed by atoms with van der Waals surface area (Å²) in [6.07, 6.45) is 0. The Morgan fingerprint density at radius 3 is 2.52 bits per heavy atom. The molecule has 3 nitrogen and oxygen atoms in total. The van der Waals surface area contributed by atoms with Crippen LogP contribution in [0.1, 0.15) is 33.3 Å². The molecular weight excluding hydrogens is 267 g/mol. The monoisotopic (exact) mass is 296 g/mol. The molecule has 0 radical (unpaired) electrons. The summed E-state index contributed by atoms with van der Waals surface area (Å²) in [7, 11) is 1.68. The van der Waals surface area contributed by atoms with E-state index < -0.39 is 0 Å². The maximum Gasteiger partial charge on any atom is 0.146 e. The predicted octanol–water partition coefficient (Wildman–Crippen LogP) is 3.43. The zero-order valence-electron chi connectivity index (χ0n) is 13.9. The normalized spacial score (nSPS) is 11.4. The lowest BCUT2D eigenvalue weighted by molar-refractivity contribution is 0.204. The smallest absolute Gasteiger partial charge is 0.146 e. The molecule has 120 valence electrons. The van der Waals surface area contributed by atoms with E-state index in [4.69, 9.17) is 4.74 Å². The molecule has 0 aliphatic heterocycles. The largest absolute Gasteiger partial charge is 0.383 e. The van der Waals surface area contributed by atoms with Gasteiger partial charge in [-0.15, -0.1) is 0 Å². The van der Waals surface area contributed by atoms with E-state index in [1.165, 1.54) is 6.07 Å². The van der Waals surface area contributed by atoms with E-state index in [-0.39, 0.29) is 5.82 Å². The van der Waals surface area contributed by atoms with Gasteiger partial charge in [-0.1, -0.05) is 39.8 Å². The molecule has 0 fully saturated rings. The molecule has 0 saturated carbocycles. The third-order valence-corrected chi connectivity index (χ3v) is 3.24. The summed E-state index contributed by atoms with van der Waals surface area (Å²) in [6.45, 7) is 11.3. The number of hydrogen-bond donors (Lipinski definition) is 1. The summed E-state index contributed by atoms with van der Waals surface area (Å²) in [5.74, 6) is 0.308. The Morgan fingerprint density at radius 2 is 1.95 bits per heavy atom. The maximum absolute atomic E-state index is 14.4. The molecule has 0 amide bonds. The molecule has 0 heterocycles. The minimum Gasteiger partial charge on any atom is -0.383 e. The van der Waals surface area contributed by atoms with Crippen LogP contribution in [0.2, 0.25) is 0 Å². The van der Waals surface area contributed by atoms with E-state index >= 15 is 0 Å². The van der Waals surface area contributed by atoms with E-state index in [0.29, 0.717) is 37.3 Å². The van der Waals surface area contributed by atoms with Crippen LogP contribution in [0, 0.1) is 11.7 Å². The van der Waals surface area contributed by atoms with Crippen molar-refractivity contribution < 1.29 is 9.13 Å². The van der Waals surface area contributed by atoms with E-state index in [1.54, 1.807) is 13.2 Å². The number of nitrogens with zero attached hydrogens (tertiary/aromatic N) is 1. The summed E-state index contributed by atoms with van der Waals surface area (Å²) in [4.78, 5) is 2.10. The first-order chi connectivity index (χ1) is 9.95.